The van der Waals surface area contributed by atoms with Gasteiger partial charge in [-0.05, 0) is 30.5 Å². The van der Waals surface area contributed by atoms with Crippen molar-refractivity contribution in [2.45, 2.75) is 19.4 Å². The lowest BCUT2D eigenvalue weighted by atomic mass is 10.1. The van der Waals surface area contributed by atoms with Crippen molar-refractivity contribution in [3.05, 3.63) is 42.5 Å². The molecule has 2 amide bonds. The first kappa shape index (κ1) is 18.7. The molecule has 3 atom stereocenters. The van der Waals surface area contributed by atoms with Gasteiger partial charge >= 0.3 is 5.97 Å². The van der Waals surface area contributed by atoms with Gasteiger partial charge in [-0.15, -0.1) is 6.58 Å². The Morgan fingerprint density at radius 2 is 2.16 bits per heavy atom. The summed E-state index contributed by atoms with van der Waals surface area (Å²) in [6.07, 6.45) is 2.37. The lowest BCUT2D eigenvalue weighted by molar-refractivity contribution is -0.140. The fourth-order valence-corrected chi connectivity index (χ4v) is 2.35. The summed E-state index contributed by atoms with van der Waals surface area (Å²) in [7, 11) is 0. The molecule has 0 bridgehead atoms. The highest BCUT2D eigenvalue weighted by atomic mass is 16.5. The summed E-state index contributed by atoms with van der Waals surface area (Å²) in [6.45, 7) is 5.51. The fraction of sp³-hybridized carbons (Fsp3) is 0.389. The molecule has 1 saturated carbocycles. The van der Waals surface area contributed by atoms with Crippen molar-refractivity contribution in [3.8, 4) is 0 Å². The molecule has 25 heavy (non-hydrogen) atoms. The quantitative estimate of drug-likeness (QED) is 0.466. The van der Waals surface area contributed by atoms with E-state index in [4.69, 9.17) is 9.84 Å². The summed E-state index contributed by atoms with van der Waals surface area (Å²) in [5.41, 5.74) is 0.767. The molecule has 3 unspecified atom stereocenters. The van der Waals surface area contributed by atoms with Gasteiger partial charge in [-0.25, -0.2) is 4.79 Å². The highest BCUT2D eigenvalue weighted by Gasteiger charge is 2.39. The summed E-state index contributed by atoms with van der Waals surface area (Å²) in [4.78, 5) is 35.4. The van der Waals surface area contributed by atoms with E-state index in [1.807, 2.05) is 6.92 Å². The number of hydrogen-bond acceptors (Lipinski definition) is 4. The van der Waals surface area contributed by atoms with Crippen LogP contribution in [0.25, 0.3) is 0 Å². The average molecular weight is 346 g/mol. The molecule has 3 N–H and O–H groups in total. The Balaban J connectivity index is 1.98. The van der Waals surface area contributed by atoms with Crippen LogP contribution in [0.3, 0.4) is 0 Å². The Morgan fingerprint density at radius 3 is 2.76 bits per heavy atom. The van der Waals surface area contributed by atoms with E-state index in [9.17, 15) is 14.4 Å². The second kappa shape index (κ2) is 8.43. The molecule has 1 aliphatic rings. The van der Waals surface area contributed by atoms with Crippen LogP contribution in [0.4, 0.5) is 5.69 Å². The minimum Gasteiger partial charge on any atom is -0.480 e. The lowest BCUT2D eigenvalue weighted by Crippen LogP contribution is -2.44. The molecule has 7 heteroatoms. The third kappa shape index (κ3) is 5.42. The number of carbonyl (C=O) groups excluding carboxylic acids is 2. The van der Waals surface area contributed by atoms with Crippen LogP contribution >= 0.6 is 0 Å². The van der Waals surface area contributed by atoms with Crippen molar-refractivity contribution in [2.75, 3.05) is 18.5 Å². The standard InChI is InChI=1S/C18H22N2O5/c1-3-7-25-10-15(18(23)24)20-16(21)12-5-4-6-13(9-12)19-17(22)14-8-11(14)2/h3-6,9,11,14-15H,1,7-8,10H2,2H3,(H,19,22)(H,20,21)(H,23,24). The highest BCUT2D eigenvalue weighted by molar-refractivity contribution is 5.99. The minimum atomic E-state index is -1.19. The number of rotatable bonds is 9. The third-order valence-corrected chi connectivity index (χ3v) is 3.96. The molecule has 0 heterocycles. The van der Waals surface area contributed by atoms with E-state index in [1.54, 1.807) is 18.2 Å². The lowest BCUT2D eigenvalue weighted by Gasteiger charge is -2.15. The third-order valence-electron chi connectivity index (χ3n) is 3.96. The minimum absolute atomic E-state index is 0.0240. The molecule has 1 aliphatic carbocycles. The zero-order valence-electron chi connectivity index (χ0n) is 14.0. The number of hydrogen-bond donors (Lipinski definition) is 3. The predicted octanol–water partition coefficient (Wildman–Crippen LogP) is 1.67. The second-order valence-electron chi connectivity index (χ2n) is 6.08. The summed E-state index contributed by atoms with van der Waals surface area (Å²) in [5, 5.41) is 14.3. The number of benzene rings is 1. The van der Waals surface area contributed by atoms with E-state index in [0.717, 1.165) is 6.42 Å². The Bertz CT molecular complexity index is 673. The molecule has 0 aromatic heterocycles. The van der Waals surface area contributed by atoms with Gasteiger partial charge < -0.3 is 20.5 Å². The molecule has 0 aliphatic heterocycles. The smallest absolute Gasteiger partial charge is 0.328 e. The van der Waals surface area contributed by atoms with Gasteiger partial charge in [0.2, 0.25) is 5.91 Å². The molecule has 1 aromatic rings. The van der Waals surface area contributed by atoms with Crippen LogP contribution in [0.1, 0.15) is 23.7 Å². The maximum absolute atomic E-state index is 12.3. The van der Waals surface area contributed by atoms with E-state index in [2.05, 4.69) is 17.2 Å². The van der Waals surface area contributed by atoms with Crippen LogP contribution in [0.2, 0.25) is 0 Å². The van der Waals surface area contributed by atoms with Gasteiger partial charge in [0.15, 0.2) is 6.04 Å². The first-order valence-electron chi connectivity index (χ1n) is 8.05. The Hall–Kier alpha value is -2.67. The Kier molecular flexibility index (Phi) is 6.30. The van der Waals surface area contributed by atoms with Crippen molar-refractivity contribution in [1.29, 1.82) is 0 Å². The molecule has 0 spiro atoms. The molecule has 7 nitrogen and oxygen atoms in total. The number of aliphatic carboxylic acids is 1. The first-order chi connectivity index (χ1) is 11.9. The van der Waals surface area contributed by atoms with Crippen molar-refractivity contribution < 1.29 is 24.2 Å². The molecule has 1 fully saturated rings. The summed E-state index contributed by atoms with van der Waals surface area (Å²) in [5.74, 6) is -1.39. The zero-order valence-corrected chi connectivity index (χ0v) is 14.0. The van der Waals surface area contributed by atoms with Crippen LogP contribution < -0.4 is 10.6 Å². The number of carboxylic acids is 1. The number of anilines is 1. The molecular weight excluding hydrogens is 324 g/mol. The maximum atomic E-state index is 12.3. The molecule has 0 radical (unpaired) electrons. The normalized spacial score (nSPS) is 19.6. The van der Waals surface area contributed by atoms with Crippen molar-refractivity contribution >= 4 is 23.5 Å². The maximum Gasteiger partial charge on any atom is 0.328 e. The van der Waals surface area contributed by atoms with Crippen LogP contribution in [-0.2, 0) is 14.3 Å². The van der Waals surface area contributed by atoms with Crippen LogP contribution in [0, 0.1) is 11.8 Å². The summed E-state index contributed by atoms with van der Waals surface area (Å²) in [6, 6.07) is 5.21. The van der Waals surface area contributed by atoms with Gasteiger partial charge in [-0.1, -0.05) is 19.1 Å². The van der Waals surface area contributed by atoms with Gasteiger partial charge in [0.05, 0.1) is 13.2 Å². The second-order valence-corrected chi connectivity index (χ2v) is 6.08. The van der Waals surface area contributed by atoms with Crippen molar-refractivity contribution in [3.63, 3.8) is 0 Å². The van der Waals surface area contributed by atoms with E-state index in [1.165, 1.54) is 12.1 Å². The molecule has 1 aromatic carbocycles. The highest BCUT2D eigenvalue weighted by Crippen LogP contribution is 2.38. The molecule has 0 saturated heterocycles. The van der Waals surface area contributed by atoms with Gasteiger partial charge in [0, 0.05) is 17.2 Å². The summed E-state index contributed by atoms with van der Waals surface area (Å²) < 4.78 is 5.09. The van der Waals surface area contributed by atoms with Gasteiger partial charge in [0.25, 0.3) is 5.91 Å². The van der Waals surface area contributed by atoms with E-state index in [0.29, 0.717) is 11.6 Å². The topological polar surface area (TPSA) is 105 Å². The zero-order chi connectivity index (χ0) is 18.4. The first-order valence-corrected chi connectivity index (χ1v) is 8.05. The Labute approximate surface area is 146 Å². The fourth-order valence-electron chi connectivity index (χ4n) is 2.35. The predicted molar refractivity (Wildman–Crippen MR) is 92.2 cm³/mol. The van der Waals surface area contributed by atoms with Crippen LogP contribution in [0.5, 0.6) is 0 Å². The molecular formula is C18H22N2O5. The summed E-state index contributed by atoms with van der Waals surface area (Å²) >= 11 is 0. The average Bonchev–Trinajstić information content (AvgIpc) is 3.31. The number of carboxylic acid groups (broad SMARTS) is 1. The molecule has 2 rings (SSSR count). The Morgan fingerprint density at radius 1 is 1.44 bits per heavy atom. The van der Waals surface area contributed by atoms with E-state index >= 15 is 0 Å². The van der Waals surface area contributed by atoms with E-state index in [-0.39, 0.29) is 30.6 Å². The number of amides is 2. The van der Waals surface area contributed by atoms with Gasteiger partial charge in [-0.3, -0.25) is 9.59 Å². The van der Waals surface area contributed by atoms with E-state index < -0.39 is 17.9 Å². The monoisotopic (exact) mass is 346 g/mol. The largest absolute Gasteiger partial charge is 0.480 e. The van der Waals surface area contributed by atoms with Crippen LogP contribution in [0.15, 0.2) is 36.9 Å². The van der Waals surface area contributed by atoms with Crippen molar-refractivity contribution in [2.24, 2.45) is 11.8 Å². The van der Waals surface area contributed by atoms with Crippen LogP contribution in [-0.4, -0.2) is 42.1 Å². The number of carbonyl (C=O) groups is 3. The van der Waals surface area contributed by atoms with Gasteiger partial charge in [-0.2, -0.15) is 0 Å². The number of nitrogens with one attached hydrogen (secondary N) is 2. The number of ether oxygens (including phenoxy) is 1. The SMILES string of the molecule is C=CCOCC(NC(=O)c1cccc(NC(=O)C2CC2C)c1)C(=O)O. The molecule has 134 valence electrons. The van der Waals surface area contributed by atoms with Gasteiger partial charge in [0.1, 0.15) is 0 Å². The van der Waals surface area contributed by atoms with Crippen molar-refractivity contribution in [1.82, 2.24) is 5.32 Å².